The minimum Gasteiger partial charge on any atom is -0.358 e. The first-order valence-corrected chi connectivity index (χ1v) is 11.0. The summed E-state index contributed by atoms with van der Waals surface area (Å²) in [4.78, 5) is 3.47. The van der Waals surface area contributed by atoms with E-state index in [4.69, 9.17) is 11.6 Å². The summed E-state index contributed by atoms with van der Waals surface area (Å²) in [6.07, 6.45) is 0. The number of hydrogen-bond donors (Lipinski definition) is 1. The Hall–Kier alpha value is -3.02. The maximum Gasteiger partial charge on any atom is 0.196 e. The van der Waals surface area contributed by atoms with Crippen molar-refractivity contribution in [2.75, 3.05) is 0 Å². The lowest BCUT2D eigenvalue weighted by atomic mass is 10.1. The van der Waals surface area contributed by atoms with Gasteiger partial charge in [-0.3, -0.25) is 4.57 Å². The Kier molecular flexibility index (Phi) is 5.07. The molecule has 4 nitrogen and oxygen atoms in total. The molecule has 5 rings (SSSR count). The van der Waals surface area contributed by atoms with Crippen molar-refractivity contribution >= 4 is 34.3 Å². The number of halogens is 1. The van der Waals surface area contributed by atoms with E-state index in [-0.39, 0.29) is 0 Å². The number of H-pyrrole nitrogens is 1. The number of aromatic amines is 1. The zero-order chi connectivity index (χ0) is 20.5. The molecule has 0 amide bonds. The maximum absolute atomic E-state index is 6.48. The van der Waals surface area contributed by atoms with Crippen LogP contribution in [0.15, 0.2) is 84.0 Å². The van der Waals surface area contributed by atoms with Gasteiger partial charge in [-0.05, 0) is 42.8 Å². The number of nitrogens with zero attached hydrogens (tertiary/aromatic N) is 3. The molecule has 0 aliphatic carbocycles. The molecule has 0 spiro atoms. The van der Waals surface area contributed by atoms with E-state index in [1.54, 1.807) is 11.8 Å². The average molecular weight is 431 g/mol. The summed E-state index contributed by atoms with van der Waals surface area (Å²) in [5, 5.41) is 11.8. The largest absolute Gasteiger partial charge is 0.358 e. The van der Waals surface area contributed by atoms with Crippen LogP contribution >= 0.6 is 23.4 Å². The van der Waals surface area contributed by atoms with Gasteiger partial charge in [0.1, 0.15) is 0 Å². The Bertz CT molecular complexity index is 1320. The zero-order valence-corrected chi connectivity index (χ0v) is 17.9. The van der Waals surface area contributed by atoms with Crippen molar-refractivity contribution in [3.63, 3.8) is 0 Å². The van der Waals surface area contributed by atoms with Crippen LogP contribution in [0.5, 0.6) is 0 Å². The van der Waals surface area contributed by atoms with Crippen LogP contribution in [-0.2, 0) is 5.75 Å². The number of rotatable bonds is 5. The third kappa shape index (κ3) is 3.40. The summed E-state index contributed by atoms with van der Waals surface area (Å²) in [6.45, 7) is 2.12. The van der Waals surface area contributed by atoms with Crippen LogP contribution in [0.25, 0.3) is 28.0 Å². The van der Waals surface area contributed by atoms with Gasteiger partial charge in [-0.25, -0.2) is 0 Å². The zero-order valence-electron chi connectivity index (χ0n) is 16.3. The number of benzene rings is 3. The Morgan fingerprint density at radius 1 is 0.900 bits per heavy atom. The van der Waals surface area contributed by atoms with Gasteiger partial charge in [0.05, 0.1) is 5.02 Å². The van der Waals surface area contributed by atoms with Gasteiger partial charge in [0.15, 0.2) is 11.0 Å². The fourth-order valence-electron chi connectivity index (χ4n) is 3.65. The number of thioether (sulfide) groups is 1. The predicted octanol–water partition coefficient (Wildman–Crippen LogP) is 6.67. The average Bonchev–Trinajstić information content (AvgIpc) is 3.33. The van der Waals surface area contributed by atoms with Crippen LogP contribution in [0.1, 0.15) is 11.3 Å². The molecule has 0 saturated heterocycles. The van der Waals surface area contributed by atoms with Gasteiger partial charge in [0.25, 0.3) is 0 Å². The number of nitrogens with one attached hydrogen (secondary N) is 1. The molecule has 5 aromatic rings. The first-order chi connectivity index (χ1) is 14.7. The molecular weight excluding hydrogens is 412 g/mol. The number of fused-ring (bicyclic) bond motifs is 1. The monoisotopic (exact) mass is 430 g/mol. The van der Waals surface area contributed by atoms with Crippen LogP contribution in [0, 0.1) is 6.92 Å². The normalized spacial score (nSPS) is 11.3. The van der Waals surface area contributed by atoms with Crippen LogP contribution < -0.4 is 0 Å². The molecule has 0 bridgehead atoms. The van der Waals surface area contributed by atoms with Crippen molar-refractivity contribution in [1.82, 2.24) is 19.7 Å². The van der Waals surface area contributed by atoms with Crippen LogP contribution in [0.4, 0.5) is 0 Å². The van der Waals surface area contributed by atoms with Crippen molar-refractivity contribution in [1.29, 1.82) is 0 Å². The second-order valence-corrected chi connectivity index (χ2v) is 8.37. The first-order valence-electron chi connectivity index (χ1n) is 9.67. The minimum atomic E-state index is 0.658. The molecule has 148 valence electrons. The quantitative estimate of drug-likeness (QED) is 0.317. The summed E-state index contributed by atoms with van der Waals surface area (Å²) in [5.74, 6) is 1.54. The van der Waals surface area contributed by atoms with Crippen molar-refractivity contribution in [3.05, 3.63) is 95.1 Å². The standard InChI is InChI=1S/C24H19ClN4S/c1-16-20(18-11-6-8-14-22(18)26-16)15-30-24-28-27-23(19-12-5-7-13-21(19)25)29(24)17-9-3-2-4-10-17/h2-14,26H,15H2,1H3. The summed E-state index contributed by atoms with van der Waals surface area (Å²) in [5.41, 5.74) is 5.51. The van der Waals surface area contributed by atoms with Crippen molar-refractivity contribution in [3.8, 4) is 17.1 Å². The lowest BCUT2D eigenvalue weighted by molar-refractivity contribution is 0.886. The number of hydrogen-bond acceptors (Lipinski definition) is 3. The molecular formula is C24H19ClN4S. The fraction of sp³-hybridized carbons (Fsp3) is 0.0833. The second kappa shape index (κ2) is 8.01. The summed E-state index contributed by atoms with van der Waals surface area (Å²) in [6, 6.07) is 26.3. The molecule has 0 unspecified atom stereocenters. The molecule has 0 aliphatic rings. The van der Waals surface area contributed by atoms with E-state index in [1.807, 2.05) is 42.5 Å². The van der Waals surface area contributed by atoms with Crippen LogP contribution in [0.2, 0.25) is 5.02 Å². The highest BCUT2D eigenvalue weighted by Gasteiger charge is 2.19. The van der Waals surface area contributed by atoms with E-state index >= 15 is 0 Å². The number of aryl methyl sites for hydroxylation is 1. The molecule has 1 N–H and O–H groups in total. The van der Waals surface area contributed by atoms with Crippen molar-refractivity contribution < 1.29 is 0 Å². The minimum absolute atomic E-state index is 0.658. The van der Waals surface area contributed by atoms with Crippen LogP contribution in [-0.4, -0.2) is 19.7 Å². The molecule has 3 aromatic carbocycles. The number of para-hydroxylation sites is 2. The fourth-order valence-corrected chi connectivity index (χ4v) is 4.93. The smallest absolute Gasteiger partial charge is 0.196 e. The highest BCUT2D eigenvalue weighted by molar-refractivity contribution is 7.98. The molecule has 0 fully saturated rings. The van der Waals surface area contributed by atoms with Gasteiger partial charge in [0.2, 0.25) is 0 Å². The van der Waals surface area contributed by atoms with Gasteiger partial charge in [-0.2, -0.15) is 0 Å². The van der Waals surface area contributed by atoms with E-state index in [0.29, 0.717) is 5.02 Å². The topological polar surface area (TPSA) is 46.5 Å². The Morgan fingerprint density at radius 2 is 1.63 bits per heavy atom. The molecule has 30 heavy (non-hydrogen) atoms. The predicted molar refractivity (Wildman–Crippen MR) is 124 cm³/mol. The van der Waals surface area contributed by atoms with Gasteiger partial charge in [0, 0.05) is 33.6 Å². The Labute approximate surface area is 183 Å². The van der Waals surface area contributed by atoms with Gasteiger partial charge >= 0.3 is 0 Å². The van der Waals surface area contributed by atoms with Gasteiger partial charge < -0.3 is 4.98 Å². The Morgan fingerprint density at radius 3 is 2.47 bits per heavy atom. The SMILES string of the molecule is Cc1[nH]c2ccccc2c1CSc1nnc(-c2ccccc2Cl)n1-c1ccccc1. The highest BCUT2D eigenvalue weighted by atomic mass is 35.5. The van der Waals surface area contributed by atoms with E-state index in [2.05, 4.69) is 63.1 Å². The van der Waals surface area contributed by atoms with E-state index < -0.39 is 0 Å². The second-order valence-electron chi connectivity index (χ2n) is 7.02. The van der Waals surface area contributed by atoms with E-state index in [1.165, 1.54) is 16.6 Å². The third-order valence-corrected chi connectivity index (χ3v) is 6.42. The molecule has 0 atom stereocenters. The summed E-state index contributed by atoms with van der Waals surface area (Å²) in [7, 11) is 0. The molecule has 0 saturated carbocycles. The first kappa shape index (κ1) is 19.0. The van der Waals surface area contributed by atoms with Gasteiger partial charge in [-0.1, -0.05) is 71.9 Å². The summed E-state index contributed by atoms with van der Waals surface area (Å²) >= 11 is 8.16. The van der Waals surface area contributed by atoms with Crippen molar-refractivity contribution in [2.45, 2.75) is 17.8 Å². The van der Waals surface area contributed by atoms with Gasteiger partial charge in [-0.15, -0.1) is 10.2 Å². The maximum atomic E-state index is 6.48. The molecule has 0 aliphatic heterocycles. The van der Waals surface area contributed by atoms with Crippen molar-refractivity contribution in [2.24, 2.45) is 0 Å². The highest BCUT2D eigenvalue weighted by Crippen LogP contribution is 2.34. The molecule has 2 heterocycles. The molecule has 0 radical (unpaired) electrons. The summed E-state index contributed by atoms with van der Waals surface area (Å²) < 4.78 is 2.08. The lowest BCUT2D eigenvalue weighted by Gasteiger charge is -2.11. The molecule has 6 heteroatoms. The lowest BCUT2D eigenvalue weighted by Crippen LogP contribution is -2.00. The third-order valence-electron chi connectivity index (χ3n) is 5.14. The van der Waals surface area contributed by atoms with E-state index in [9.17, 15) is 0 Å². The number of aromatic nitrogens is 4. The van der Waals surface area contributed by atoms with Crippen LogP contribution in [0.3, 0.4) is 0 Å². The Balaban J connectivity index is 1.57. The molecule has 2 aromatic heterocycles. The van der Waals surface area contributed by atoms with E-state index in [0.717, 1.165) is 33.5 Å².